The minimum absolute atomic E-state index is 0. The maximum absolute atomic E-state index is 12.0. The zero-order chi connectivity index (χ0) is 14.2. The highest BCUT2D eigenvalue weighted by Gasteiger charge is 2.13. The van der Waals surface area contributed by atoms with Crippen molar-refractivity contribution in [2.45, 2.75) is 19.8 Å². The molecular formula is C15H23ClN2O3. The minimum atomic E-state index is -0.0843. The lowest BCUT2D eigenvalue weighted by atomic mass is 10.2. The van der Waals surface area contributed by atoms with Crippen molar-refractivity contribution in [1.29, 1.82) is 0 Å². The van der Waals surface area contributed by atoms with Gasteiger partial charge in [-0.05, 0) is 31.2 Å². The Balaban J connectivity index is 0.00000220. The van der Waals surface area contributed by atoms with Crippen LogP contribution in [0.15, 0.2) is 18.2 Å². The van der Waals surface area contributed by atoms with E-state index >= 15 is 0 Å². The third kappa shape index (κ3) is 5.44. The molecule has 6 heteroatoms. The van der Waals surface area contributed by atoms with Crippen molar-refractivity contribution < 1.29 is 14.3 Å². The van der Waals surface area contributed by atoms with Crippen molar-refractivity contribution in [3.8, 4) is 11.5 Å². The summed E-state index contributed by atoms with van der Waals surface area (Å²) in [4.78, 5) is 12.0. The maximum Gasteiger partial charge on any atom is 0.251 e. The van der Waals surface area contributed by atoms with E-state index in [1.807, 2.05) is 0 Å². The fraction of sp³-hybridized carbons (Fsp3) is 0.533. The lowest BCUT2D eigenvalue weighted by Gasteiger charge is -2.10. The molecule has 5 nitrogen and oxygen atoms in total. The fourth-order valence-electron chi connectivity index (χ4n) is 1.97. The number of hydrogen-bond acceptors (Lipinski definition) is 4. The Hall–Kier alpha value is -1.46. The molecule has 0 unspecified atom stereocenters. The number of ether oxygens (including phenoxy) is 2. The van der Waals surface area contributed by atoms with Gasteiger partial charge in [0, 0.05) is 25.1 Å². The smallest absolute Gasteiger partial charge is 0.251 e. The second-order valence-corrected chi connectivity index (χ2v) is 4.72. The fourth-order valence-corrected chi connectivity index (χ4v) is 1.97. The molecule has 0 bridgehead atoms. The Morgan fingerprint density at radius 3 is 2.67 bits per heavy atom. The van der Waals surface area contributed by atoms with Crippen LogP contribution in [-0.4, -0.2) is 38.8 Å². The average Bonchev–Trinajstić information content (AvgIpc) is 2.71. The number of fused-ring (bicyclic) bond motifs is 1. The Morgan fingerprint density at radius 1 is 1.14 bits per heavy atom. The Kier molecular flexibility index (Phi) is 7.93. The number of amides is 1. The first kappa shape index (κ1) is 17.6. The van der Waals surface area contributed by atoms with Crippen LogP contribution in [-0.2, 0) is 0 Å². The summed E-state index contributed by atoms with van der Waals surface area (Å²) in [5, 5.41) is 6.12. The normalized spacial score (nSPS) is 13.0. The second-order valence-electron chi connectivity index (χ2n) is 4.72. The van der Waals surface area contributed by atoms with E-state index in [1.165, 1.54) is 0 Å². The molecule has 0 aliphatic carbocycles. The third-order valence-corrected chi connectivity index (χ3v) is 3.02. The number of halogens is 1. The largest absolute Gasteiger partial charge is 0.490 e. The van der Waals surface area contributed by atoms with Gasteiger partial charge in [0.25, 0.3) is 5.91 Å². The topological polar surface area (TPSA) is 59.6 Å². The highest BCUT2D eigenvalue weighted by atomic mass is 35.5. The molecule has 0 aromatic heterocycles. The number of carbonyl (C=O) groups is 1. The molecule has 1 amide bonds. The molecule has 1 aliphatic rings. The van der Waals surface area contributed by atoms with Crippen molar-refractivity contribution in [1.82, 2.24) is 10.6 Å². The lowest BCUT2D eigenvalue weighted by Crippen LogP contribution is -2.32. The van der Waals surface area contributed by atoms with Gasteiger partial charge in [0.2, 0.25) is 0 Å². The van der Waals surface area contributed by atoms with E-state index in [9.17, 15) is 4.79 Å². The van der Waals surface area contributed by atoms with E-state index in [0.29, 0.717) is 36.8 Å². The molecule has 1 heterocycles. The van der Waals surface area contributed by atoms with Gasteiger partial charge in [-0.3, -0.25) is 4.79 Å². The van der Waals surface area contributed by atoms with Crippen molar-refractivity contribution in [3.63, 3.8) is 0 Å². The number of carbonyl (C=O) groups excluding carboxylic acids is 1. The summed E-state index contributed by atoms with van der Waals surface area (Å²) >= 11 is 0. The molecule has 2 N–H and O–H groups in total. The maximum atomic E-state index is 12.0. The highest BCUT2D eigenvalue weighted by molar-refractivity contribution is 5.94. The van der Waals surface area contributed by atoms with Crippen LogP contribution >= 0.6 is 12.4 Å². The molecule has 0 atom stereocenters. The molecule has 0 radical (unpaired) electrons. The van der Waals surface area contributed by atoms with Gasteiger partial charge >= 0.3 is 0 Å². The van der Waals surface area contributed by atoms with Crippen molar-refractivity contribution in [2.24, 2.45) is 0 Å². The summed E-state index contributed by atoms with van der Waals surface area (Å²) in [5.74, 6) is 1.28. The van der Waals surface area contributed by atoms with E-state index in [2.05, 4.69) is 17.6 Å². The van der Waals surface area contributed by atoms with Crippen molar-refractivity contribution >= 4 is 18.3 Å². The van der Waals surface area contributed by atoms with Crippen LogP contribution in [0.25, 0.3) is 0 Å². The molecule has 2 rings (SSSR count). The van der Waals surface area contributed by atoms with Gasteiger partial charge in [0.05, 0.1) is 13.2 Å². The first-order chi connectivity index (χ1) is 9.81. The highest BCUT2D eigenvalue weighted by Crippen LogP contribution is 2.30. The summed E-state index contributed by atoms with van der Waals surface area (Å²) in [6, 6.07) is 5.31. The molecule has 118 valence electrons. The Morgan fingerprint density at radius 2 is 1.90 bits per heavy atom. The summed E-state index contributed by atoms with van der Waals surface area (Å²) in [6.07, 6.45) is 1.95. The van der Waals surface area contributed by atoms with Gasteiger partial charge in [-0.25, -0.2) is 0 Å². The number of benzene rings is 1. The molecule has 1 aliphatic heterocycles. The van der Waals surface area contributed by atoms with E-state index in [-0.39, 0.29) is 18.3 Å². The standard InChI is InChI=1S/C15H22N2O3.ClH/c1-2-6-16-7-8-17-15(18)12-4-5-13-14(11-12)20-10-3-9-19-13;/h4-5,11,16H,2-3,6-10H2,1H3,(H,17,18);1H. The molecule has 1 aromatic carbocycles. The van der Waals surface area contributed by atoms with Gasteiger partial charge in [-0.15, -0.1) is 12.4 Å². The van der Waals surface area contributed by atoms with Crippen molar-refractivity contribution in [2.75, 3.05) is 32.8 Å². The average molecular weight is 315 g/mol. The molecule has 0 saturated carbocycles. The van der Waals surface area contributed by atoms with Crippen LogP contribution in [0.1, 0.15) is 30.1 Å². The van der Waals surface area contributed by atoms with Gasteiger partial charge in [0.1, 0.15) is 0 Å². The summed E-state index contributed by atoms with van der Waals surface area (Å²) < 4.78 is 11.1. The Bertz CT molecular complexity index is 455. The van der Waals surface area contributed by atoms with Gasteiger partial charge in [0.15, 0.2) is 11.5 Å². The molecular weight excluding hydrogens is 292 g/mol. The zero-order valence-corrected chi connectivity index (χ0v) is 13.1. The monoisotopic (exact) mass is 314 g/mol. The van der Waals surface area contributed by atoms with Gasteiger partial charge in [-0.1, -0.05) is 6.92 Å². The molecule has 0 fully saturated rings. The summed E-state index contributed by atoms with van der Waals surface area (Å²) in [5.41, 5.74) is 0.602. The van der Waals surface area contributed by atoms with Crippen molar-refractivity contribution in [3.05, 3.63) is 23.8 Å². The molecule has 0 spiro atoms. The van der Waals surface area contributed by atoms with Gasteiger partial charge < -0.3 is 20.1 Å². The van der Waals surface area contributed by atoms with E-state index in [0.717, 1.165) is 25.9 Å². The number of rotatable bonds is 6. The molecule has 0 saturated heterocycles. The number of nitrogens with one attached hydrogen (secondary N) is 2. The molecule has 21 heavy (non-hydrogen) atoms. The van der Waals surface area contributed by atoms with Crippen LogP contribution in [0.5, 0.6) is 11.5 Å². The first-order valence-corrected chi connectivity index (χ1v) is 7.20. The SMILES string of the molecule is CCCNCCNC(=O)c1ccc2c(c1)OCCCO2.Cl. The summed E-state index contributed by atoms with van der Waals surface area (Å²) in [6.45, 7) is 5.77. The quantitative estimate of drug-likeness (QED) is 0.789. The van der Waals surface area contributed by atoms with E-state index < -0.39 is 0 Å². The Labute approximate surface area is 131 Å². The third-order valence-electron chi connectivity index (χ3n) is 3.02. The number of hydrogen-bond donors (Lipinski definition) is 2. The predicted molar refractivity (Wildman–Crippen MR) is 84.8 cm³/mol. The van der Waals surface area contributed by atoms with Crippen LogP contribution in [0.2, 0.25) is 0 Å². The minimum Gasteiger partial charge on any atom is -0.490 e. The van der Waals surface area contributed by atoms with Crippen LogP contribution in [0.4, 0.5) is 0 Å². The van der Waals surface area contributed by atoms with E-state index in [1.54, 1.807) is 18.2 Å². The summed E-state index contributed by atoms with van der Waals surface area (Å²) in [7, 11) is 0. The van der Waals surface area contributed by atoms with E-state index in [4.69, 9.17) is 9.47 Å². The second kappa shape index (κ2) is 9.47. The zero-order valence-electron chi connectivity index (χ0n) is 12.3. The van der Waals surface area contributed by atoms with Crippen LogP contribution in [0, 0.1) is 0 Å². The van der Waals surface area contributed by atoms with Crippen LogP contribution in [0.3, 0.4) is 0 Å². The van der Waals surface area contributed by atoms with Crippen LogP contribution < -0.4 is 20.1 Å². The molecule has 1 aromatic rings. The lowest BCUT2D eigenvalue weighted by molar-refractivity contribution is 0.0953. The first-order valence-electron chi connectivity index (χ1n) is 7.20. The predicted octanol–water partition coefficient (Wildman–Crippen LogP) is 2.00. The van der Waals surface area contributed by atoms with Gasteiger partial charge in [-0.2, -0.15) is 0 Å².